The predicted octanol–water partition coefficient (Wildman–Crippen LogP) is 18.2. The summed E-state index contributed by atoms with van der Waals surface area (Å²) in [6, 6.07) is 9.85. The van der Waals surface area contributed by atoms with Crippen molar-refractivity contribution in [1.29, 1.82) is 0 Å². The van der Waals surface area contributed by atoms with Crippen LogP contribution in [0.3, 0.4) is 0 Å². The summed E-state index contributed by atoms with van der Waals surface area (Å²) in [5, 5.41) is 0. The van der Waals surface area contributed by atoms with Crippen molar-refractivity contribution < 1.29 is 9.96 Å². The molecule has 55 heavy (non-hydrogen) atoms. The van der Waals surface area contributed by atoms with Crippen LogP contribution in [0.25, 0.3) is 0 Å². The van der Waals surface area contributed by atoms with Gasteiger partial charge in [0, 0.05) is 18.4 Å². The summed E-state index contributed by atoms with van der Waals surface area (Å²) in [6.45, 7) is 10.6. The van der Waals surface area contributed by atoms with Gasteiger partial charge in [-0.15, -0.1) is 0 Å². The van der Waals surface area contributed by atoms with Gasteiger partial charge in [0.25, 0.3) is 0 Å². The Kier molecular flexibility index (Phi) is 38.0. The third-order valence-corrected chi connectivity index (χ3v) is 13.7. The normalized spacial score (nSPS) is 12.9. The Morgan fingerprint density at radius 1 is 0.364 bits per heavy atom. The first-order valence-corrected chi connectivity index (χ1v) is 25.4. The fourth-order valence-electron chi connectivity index (χ4n) is 9.49. The number of hydrogen-bond acceptors (Lipinski definition) is 1. The topological polar surface area (TPSA) is 30.0 Å². The van der Waals surface area contributed by atoms with Crippen LogP contribution >= 0.6 is 0 Å². The minimum absolute atomic E-state index is 0. The number of hydrogen-bond donors (Lipinski definition) is 0. The molecule has 1 N–H and O–H groups in total. The third kappa shape index (κ3) is 26.7. The maximum atomic E-state index is 2.59. The average Bonchev–Trinajstić information content (AvgIpc) is 3.18. The molecule has 2 heteroatoms. The predicted molar refractivity (Wildman–Crippen MR) is 249 cm³/mol. The molecule has 1 atom stereocenters. The highest BCUT2D eigenvalue weighted by Crippen LogP contribution is 2.44. The quantitative estimate of drug-likeness (QED) is 0.0481. The smallest absolute Gasteiger partial charge is 0.125 e. The van der Waals surface area contributed by atoms with Crippen molar-refractivity contribution in [3.63, 3.8) is 0 Å². The fourth-order valence-corrected chi connectivity index (χ4v) is 9.49. The van der Waals surface area contributed by atoms with E-state index in [1.165, 1.54) is 257 Å². The van der Waals surface area contributed by atoms with Crippen LogP contribution in [0, 0.1) is 0 Å². The summed E-state index contributed by atoms with van der Waals surface area (Å²) in [7, 11) is 5.17. The Morgan fingerprint density at radius 2 is 0.636 bits per heavy atom. The Balaban J connectivity index is 0.0000292. The molecule has 0 fully saturated rings. The lowest BCUT2D eigenvalue weighted by molar-refractivity contribution is -0.950. The molecule has 0 amide bonds. The van der Waals surface area contributed by atoms with Gasteiger partial charge in [-0.3, -0.25) is 0 Å². The summed E-state index contributed by atoms with van der Waals surface area (Å²) < 4.78 is 1.14. The van der Waals surface area contributed by atoms with Gasteiger partial charge in [0.05, 0.1) is 20.6 Å². The number of rotatable bonds is 42. The Hall–Kier alpha value is -0.860. The number of nitrogens with zero attached hydrogens (tertiary/aromatic N) is 1. The largest absolute Gasteiger partial charge is 0.870 e. The van der Waals surface area contributed by atoms with Crippen molar-refractivity contribution in [2.45, 2.75) is 284 Å². The molecule has 0 aliphatic carbocycles. The molecule has 0 aliphatic heterocycles. The third-order valence-electron chi connectivity index (χ3n) is 13.7. The minimum atomic E-state index is 0. The van der Waals surface area contributed by atoms with E-state index in [0.29, 0.717) is 0 Å². The molecule has 0 aliphatic rings. The Morgan fingerprint density at radius 3 is 0.945 bits per heavy atom. The summed E-state index contributed by atoms with van der Waals surface area (Å²) in [4.78, 5) is 0. The van der Waals surface area contributed by atoms with Crippen molar-refractivity contribution in [3.05, 3.63) is 35.4 Å². The molecule has 0 saturated heterocycles. The van der Waals surface area contributed by atoms with E-state index >= 15 is 0 Å². The molecule has 1 aromatic carbocycles. The van der Waals surface area contributed by atoms with Crippen molar-refractivity contribution in [2.75, 3.05) is 20.6 Å². The molecule has 0 heterocycles. The summed E-state index contributed by atoms with van der Waals surface area (Å²) >= 11 is 0. The SMILES string of the molecule is CCCCCCCCCCCCCCCCC(CCCCCCCCCCCCCC)(c1ccccc1CCCCCCCCCCCC)[N+](C)(C)CC.[OH-]. The van der Waals surface area contributed by atoms with Gasteiger partial charge in [-0.05, 0) is 38.2 Å². The Bertz CT molecular complexity index is 909. The first-order valence-electron chi connectivity index (χ1n) is 25.4. The molecule has 0 spiro atoms. The van der Waals surface area contributed by atoms with Crippen LogP contribution in [-0.2, 0) is 12.0 Å². The highest BCUT2D eigenvalue weighted by molar-refractivity contribution is 5.33. The van der Waals surface area contributed by atoms with E-state index in [9.17, 15) is 0 Å². The minimum Gasteiger partial charge on any atom is -0.870 e. The van der Waals surface area contributed by atoms with E-state index in [1.54, 1.807) is 11.1 Å². The van der Waals surface area contributed by atoms with Gasteiger partial charge in [0.2, 0.25) is 0 Å². The van der Waals surface area contributed by atoms with Crippen LogP contribution in [0.1, 0.15) is 283 Å². The van der Waals surface area contributed by atoms with Gasteiger partial charge in [-0.1, -0.05) is 257 Å². The lowest BCUT2D eigenvalue weighted by Crippen LogP contribution is -2.57. The van der Waals surface area contributed by atoms with E-state index in [1.807, 2.05) is 0 Å². The monoisotopic (exact) mass is 770 g/mol. The molecule has 0 radical (unpaired) electrons. The second-order valence-corrected chi connectivity index (χ2v) is 18.6. The van der Waals surface area contributed by atoms with Crippen molar-refractivity contribution in [2.24, 2.45) is 0 Å². The maximum Gasteiger partial charge on any atom is 0.125 e. The molecular formula is C53H103NO. The molecule has 0 bridgehead atoms. The van der Waals surface area contributed by atoms with E-state index < -0.39 is 0 Å². The molecular weight excluding hydrogens is 667 g/mol. The highest BCUT2D eigenvalue weighted by Gasteiger charge is 2.46. The van der Waals surface area contributed by atoms with Crippen LogP contribution in [0.15, 0.2) is 24.3 Å². The van der Waals surface area contributed by atoms with Crippen molar-refractivity contribution in [3.8, 4) is 0 Å². The van der Waals surface area contributed by atoms with Crippen molar-refractivity contribution in [1.82, 2.24) is 0 Å². The molecule has 2 nitrogen and oxygen atoms in total. The van der Waals surface area contributed by atoms with Crippen LogP contribution in [0.2, 0.25) is 0 Å². The molecule has 1 unspecified atom stereocenters. The fraction of sp³-hybridized carbons (Fsp3) is 0.887. The zero-order valence-electron chi connectivity index (χ0n) is 39.0. The summed E-state index contributed by atoms with van der Waals surface area (Å²) in [5.74, 6) is 0. The number of aryl methyl sites for hydroxylation is 1. The van der Waals surface area contributed by atoms with Gasteiger partial charge in [0.1, 0.15) is 5.54 Å². The number of benzene rings is 1. The zero-order valence-corrected chi connectivity index (χ0v) is 39.0. The average molecular weight is 770 g/mol. The lowest BCUT2D eigenvalue weighted by atomic mass is 9.74. The van der Waals surface area contributed by atoms with Gasteiger partial charge in [-0.25, -0.2) is 0 Å². The second-order valence-electron chi connectivity index (χ2n) is 18.6. The van der Waals surface area contributed by atoms with E-state index in [-0.39, 0.29) is 11.0 Å². The first kappa shape index (κ1) is 54.1. The maximum absolute atomic E-state index is 2.59. The Labute approximate surface area is 348 Å². The summed E-state index contributed by atoms with van der Waals surface area (Å²) in [5.41, 5.74) is 3.64. The van der Waals surface area contributed by atoms with E-state index in [0.717, 1.165) is 4.48 Å². The first-order chi connectivity index (χ1) is 26.5. The standard InChI is InChI=1S/C53H102N.H2O/c1-7-11-14-17-20-23-26-28-29-31-34-37-40-45-50-53(54(5,6)10-4,49-44-39-36-33-30-27-24-21-18-15-12-8-2)52-48-43-42-47-51(52)46-41-38-35-32-25-22-19-16-13-9-3;/h42-43,47-48H,7-41,44-46,49-50H2,1-6H3;1H2/q+1;/p-1. The van der Waals surface area contributed by atoms with Crippen LogP contribution in [-0.4, -0.2) is 30.6 Å². The number of quaternary nitrogens is 1. The van der Waals surface area contributed by atoms with Crippen LogP contribution in [0.4, 0.5) is 0 Å². The molecule has 0 saturated carbocycles. The van der Waals surface area contributed by atoms with Crippen LogP contribution < -0.4 is 0 Å². The van der Waals surface area contributed by atoms with E-state index in [2.05, 4.69) is 66.1 Å². The van der Waals surface area contributed by atoms with Gasteiger partial charge in [-0.2, -0.15) is 0 Å². The molecule has 326 valence electrons. The van der Waals surface area contributed by atoms with Gasteiger partial charge < -0.3 is 9.96 Å². The van der Waals surface area contributed by atoms with Crippen molar-refractivity contribution >= 4 is 0 Å². The summed E-state index contributed by atoms with van der Waals surface area (Å²) in [6.07, 6.45) is 55.6. The molecule has 1 aromatic rings. The molecule has 0 aromatic heterocycles. The lowest BCUT2D eigenvalue weighted by Gasteiger charge is -2.50. The van der Waals surface area contributed by atoms with Gasteiger partial charge >= 0.3 is 0 Å². The zero-order chi connectivity index (χ0) is 39.3. The van der Waals surface area contributed by atoms with Crippen LogP contribution in [0.5, 0.6) is 0 Å². The number of unbranched alkanes of at least 4 members (excludes halogenated alkanes) is 33. The highest BCUT2D eigenvalue weighted by atomic mass is 16.0. The van der Waals surface area contributed by atoms with E-state index in [4.69, 9.17) is 0 Å². The van der Waals surface area contributed by atoms with Gasteiger partial charge in [0.15, 0.2) is 0 Å². The second kappa shape index (κ2) is 38.6. The molecule has 1 rings (SSSR count).